The summed E-state index contributed by atoms with van der Waals surface area (Å²) in [6, 6.07) is 17.6. The van der Waals surface area contributed by atoms with Crippen LogP contribution in [0.3, 0.4) is 0 Å². The lowest BCUT2D eigenvalue weighted by atomic mass is 9.99. The maximum absolute atomic E-state index is 3.55. The Morgan fingerprint density at radius 1 is 1.00 bits per heavy atom. The first kappa shape index (κ1) is 18.1. The number of hydrogen-bond donors (Lipinski definition) is 1. The standard InChI is InChI=1S/C25H30N2/c1-19-11-12-25-24(18-19)23(20(2)26-25)10-6-7-15-27-16-13-22(14-17-27)21-8-4-3-5-9-21/h3-5,8-9,11-13,18,26H,6-7,10,14-17H2,1-2H3. The Hall–Kier alpha value is -2.32. The Labute approximate surface area is 162 Å². The number of aryl methyl sites for hydroxylation is 3. The van der Waals surface area contributed by atoms with Gasteiger partial charge in [0.1, 0.15) is 0 Å². The highest BCUT2D eigenvalue weighted by molar-refractivity contribution is 5.85. The zero-order chi connectivity index (χ0) is 18.6. The number of H-pyrrole nitrogens is 1. The smallest absolute Gasteiger partial charge is 0.0459 e. The van der Waals surface area contributed by atoms with Crippen molar-refractivity contribution >= 4 is 16.5 Å². The Morgan fingerprint density at radius 3 is 2.63 bits per heavy atom. The molecule has 3 aromatic rings. The summed E-state index contributed by atoms with van der Waals surface area (Å²) < 4.78 is 0. The molecule has 4 rings (SSSR count). The number of nitrogens with zero attached hydrogens (tertiary/aromatic N) is 1. The molecule has 0 aliphatic carbocycles. The molecule has 1 aromatic heterocycles. The SMILES string of the molecule is Cc1ccc2[nH]c(C)c(CCCCN3CC=C(c4ccccc4)CC3)c2c1. The fraction of sp³-hybridized carbons (Fsp3) is 0.360. The summed E-state index contributed by atoms with van der Waals surface area (Å²) in [6.07, 6.45) is 7.30. The van der Waals surface area contributed by atoms with Crippen molar-refractivity contribution < 1.29 is 0 Å². The van der Waals surface area contributed by atoms with Gasteiger partial charge < -0.3 is 4.98 Å². The summed E-state index contributed by atoms with van der Waals surface area (Å²) in [5.74, 6) is 0. The van der Waals surface area contributed by atoms with Gasteiger partial charge in [-0.05, 0) is 74.9 Å². The van der Waals surface area contributed by atoms with E-state index in [1.807, 2.05) is 0 Å². The number of nitrogens with one attached hydrogen (secondary N) is 1. The van der Waals surface area contributed by atoms with E-state index in [9.17, 15) is 0 Å². The van der Waals surface area contributed by atoms with Gasteiger partial charge in [-0.25, -0.2) is 0 Å². The number of benzene rings is 2. The van der Waals surface area contributed by atoms with Crippen molar-refractivity contribution in [1.29, 1.82) is 0 Å². The third kappa shape index (κ3) is 4.17. The summed E-state index contributed by atoms with van der Waals surface area (Å²) in [5, 5.41) is 1.42. The number of aromatic amines is 1. The van der Waals surface area contributed by atoms with Crippen LogP contribution in [0.15, 0.2) is 54.6 Å². The molecule has 0 bridgehead atoms. The van der Waals surface area contributed by atoms with Gasteiger partial charge in [-0.1, -0.05) is 48.0 Å². The van der Waals surface area contributed by atoms with Crippen LogP contribution >= 0.6 is 0 Å². The van der Waals surface area contributed by atoms with Crippen LogP contribution in [-0.4, -0.2) is 29.5 Å². The van der Waals surface area contributed by atoms with Crippen molar-refractivity contribution in [1.82, 2.24) is 9.88 Å². The van der Waals surface area contributed by atoms with Gasteiger partial charge in [0.15, 0.2) is 0 Å². The van der Waals surface area contributed by atoms with Crippen molar-refractivity contribution in [3.8, 4) is 0 Å². The zero-order valence-corrected chi connectivity index (χ0v) is 16.6. The molecule has 2 aromatic carbocycles. The highest BCUT2D eigenvalue weighted by atomic mass is 15.1. The van der Waals surface area contributed by atoms with E-state index in [-0.39, 0.29) is 0 Å². The molecular weight excluding hydrogens is 328 g/mol. The van der Waals surface area contributed by atoms with Crippen molar-refractivity contribution in [2.75, 3.05) is 19.6 Å². The molecule has 0 radical (unpaired) electrons. The molecule has 0 saturated heterocycles. The van der Waals surface area contributed by atoms with Gasteiger partial charge in [0, 0.05) is 29.7 Å². The Kier molecular flexibility index (Phi) is 5.45. The number of rotatable bonds is 6. The molecule has 2 heteroatoms. The van der Waals surface area contributed by atoms with Crippen LogP contribution in [0.1, 0.15) is 41.6 Å². The summed E-state index contributed by atoms with van der Waals surface area (Å²) in [6.45, 7) is 7.88. The predicted octanol–water partition coefficient (Wildman–Crippen LogP) is 5.90. The number of aromatic nitrogens is 1. The maximum atomic E-state index is 3.55. The van der Waals surface area contributed by atoms with E-state index in [1.165, 1.54) is 77.6 Å². The summed E-state index contributed by atoms with van der Waals surface area (Å²) in [7, 11) is 0. The summed E-state index contributed by atoms with van der Waals surface area (Å²) in [5.41, 5.74) is 8.38. The van der Waals surface area contributed by atoms with Crippen LogP contribution in [0.2, 0.25) is 0 Å². The largest absolute Gasteiger partial charge is 0.358 e. The molecule has 0 atom stereocenters. The first-order chi connectivity index (χ1) is 13.2. The molecule has 1 aliphatic heterocycles. The minimum atomic E-state index is 1.09. The second kappa shape index (κ2) is 8.14. The quantitative estimate of drug-likeness (QED) is 0.544. The topological polar surface area (TPSA) is 19.0 Å². The van der Waals surface area contributed by atoms with E-state index in [0.29, 0.717) is 0 Å². The maximum Gasteiger partial charge on any atom is 0.0459 e. The number of fused-ring (bicyclic) bond motifs is 1. The van der Waals surface area contributed by atoms with Crippen LogP contribution in [-0.2, 0) is 6.42 Å². The average molecular weight is 359 g/mol. The molecular formula is C25H30N2. The second-order valence-corrected chi connectivity index (χ2v) is 7.88. The van der Waals surface area contributed by atoms with Crippen molar-refractivity contribution in [2.24, 2.45) is 0 Å². The minimum Gasteiger partial charge on any atom is -0.358 e. The van der Waals surface area contributed by atoms with Gasteiger partial charge in [-0.15, -0.1) is 0 Å². The highest BCUT2D eigenvalue weighted by Crippen LogP contribution is 2.25. The predicted molar refractivity (Wildman–Crippen MR) is 116 cm³/mol. The van der Waals surface area contributed by atoms with Gasteiger partial charge in [0.05, 0.1) is 0 Å². The van der Waals surface area contributed by atoms with Crippen molar-refractivity contribution in [3.05, 3.63) is 77.0 Å². The minimum absolute atomic E-state index is 1.09. The van der Waals surface area contributed by atoms with E-state index in [2.05, 4.69) is 78.3 Å². The first-order valence-corrected chi connectivity index (χ1v) is 10.3. The second-order valence-electron chi connectivity index (χ2n) is 7.88. The van der Waals surface area contributed by atoms with E-state index < -0.39 is 0 Å². The highest BCUT2D eigenvalue weighted by Gasteiger charge is 2.13. The van der Waals surface area contributed by atoms with Gasteiger partial charge in [-0.2, -0.15) is 0 Å². The monoisotopic (exact) mass is 358 g/mol. The molecule has 1 aliphatic rings. The summed E-state index contributed by atoms with van der Waals surface area (Å²) in [4.78, 5) is 6.14. The Morgan fingerprint density at radius 2 is 1.85 bits per heavy atom. The number of hydrogen-bond acceptors (Lipinski definition) is 1. The van der Waals surface area contributed by atoms with E-state index in [4.69, 9.17) is 0 Å². The zero-order valence-electron chi connectivity index (χ0n) is 16.6. The fourth-order valence-electron chi connectivity index (χ4n) is 4.28. The fourth-order valence-corrected chi connectivity index (χ4v) is 4.28. The normalized spacial score (nSPS) is 15.3. The molecule has 0 fully saturated rings. The average Bonchev–Trinajstić information content (AvgIpc) is 3.01. The van der Waals surface area contributed by atoms with Crippen molar-refractivity contribution in [3.63, 3.8) is 0 Å². The Balaban J connectivity index is 1.28. The van der Waals surface area contributed by atoms with Gasteiger partial charge in [0.25, 0.3) is 0 Å². The molecule has 0 unspecified atom stereocenters. The van der Waals surface area contributed by atoms with Crippen LogP contribution in [0.4, 0.5) is 0 Å². The van der Waals surface area contributed by atoms with E-state index in [1.54, 1.807) is 0 Å². The van der Waals surface area contributed by atoms with Crippen LogP contribution in [0.25, 0.3) is 16.5 Å². The lowest BCUT2D eigenvalue weighted by molar-refractivity contribution is 0.295. The molecule has 2 heterocycles. The number of unbranched alkanes of at least 4 members (excludes halogenated alkanes) is 1. The third-order valence-electron chi connectivity index (χ3n) is 5.86. The molecule has 1 N–H and O–H groups in total. The van der Waals surface area contributed by atoms with Gasteiger partial charge >= 0.3 is 0 Å². The summed E-state index contributed by atoms with van der Waals surface area (Å²) >= 11 is 0. The molecule has 140 valence electrons. The van der Waals surface area contributed by atoms with E-state index >= 15 is 0 Å². The van der Waals surface area contributed by atoms with Crippen LogP contribution in [0, 0.1) is 13.8 Å². The lowest BCUT2D eigenvalue weighted by Crippen LogP contribution is -2.29. The molecule has 0 spiro atoms. The van der Waals surface area contributed by atoms with Gasteiger partial charge in [0.2, 0.25) is 0 Å². The first-order valence-electron chi connectivity index (χ1n) is 10.3. The lowest BCUT2D eigenvalue weighted by Gasteiger charge is -2.26. The van der Waals surface area contributed by atoms with Gasteiger partial charge in [-0.3, -0.25) is 4.90 Å². The van der Waals surface area contributed by atoms with Crippen molar-refractivity contribution in [2.45, 2.75) is 39.5 Å². The molecule has 0 saturated carbocycles. The third-order valence-corrected chi connectivity index (χ3v) is 5.86. The molecule has 0 amide bonds. The van der Waals surface area contributed by atoms with E-state index in [0.717, 1.165) is 6.54 Å². The molecule has 27 heavy (non-hydrogen) atoms. The molecule has 2 nitrogen and oxygen atoms in total. The van der Waals surface area contributed by atoms with Crippen LogP contribution < -0.4 is 0 Å². The van der Waals surface area contributed by atoms with Crippen LogP contribution in [0.5, 0.6) is 0 Å². The Bertz CT molecular complexity index is 934.